The number of allylic oxidation sites excluding steroid dienone is 1. The van der Waals surface area contributed by atoms with Gasteiger partial charge in [-0.2, -0.15) is 4.31 Å². The Balaban J connectivity index is 2.11. The third kappa shape index (κ3) is 3.97. The number of nitrogens with zero attached hydrogens (tertiary/aromatic N) is 1. The van der Waals surface area contributed by atoms with E-state index in [-0.39, 0.29) is 5.75 Å². The van der Waals surface area contributed by atoms with Crippen LogP contribution in [0.5, 0.6) is 0 Å². The molecule has 0 aromatic heterocycles. The van der Waals surface area contributed by atoms with E-state index in [1.54, 1.807) is 10.4 Å². The molecule has 2 N–H and O–H groups in total. The lowest BCUT2D eigenvalue weighted by molar-refractivity contribution is 0.205. The molecule has 1 aliphatic rings. The first-order valence-corrected chi connectivity index (χ1v) is 8.94. The summed E-state index contributed by atoms with van der Waals surface area (Å²) < 4.78 is 26.1. The minimum absolute atomic E-state index is 0.215. The number of hydrogen-bond donors (Lipinski definition) is 2. The standard InChI is InChI=1S/C16H22N2O3S/c1-3-4-9-22(20,21)18-11-15-8-7-14(10-16(15)12-18)6-5-13(2)17-19/h5-8,10,17,19H,2-4,9,11-12H2,1H3/b6-5+. The summed E-state index contributed by atoms with van der Waals surface area (Å²) in [6.07, 6.45) is 5.05. The third-order valence-corrected chi connectivity index (χ3v) is 5.54. The van der Waals surface area contributed by atoms with Crippen molar-refractivity contribution in [1.82, 2.24) is 9.79 Å². The molecule has 120 valence electrons. The molecule has 0 spiro atoms. The second kappa shape index (κ2) is 7.09. The van der Waals surface area contributed by atoms with Crippen LogP contribution in [0.3, 0.4) is 0 Å². The molecule has 0 fully saturated rings. The van der Waals surface area contributed by atoms with Gasteiger partial charge >= 0.3 is 0 Å². The number of unbranched alkanes of at least 4 members (excludes halogenated alkanes) is 1. The number of benzene rings is 1. The molecule has 5 nitrogen and oxygen atoms in total. The summed E-state index contributed by atoms with van der Waals surface area (Å²) >= 11 is 0. The highest BCUT2D eigenvalue weighted by Crippen LogP contribution is 2.27. The molecule has 0 saturated heterocycles. The van der Waals surface area contributed by atoms with Crippen LogP contribution in [0.25, 0.3) is 6.08 Å². The molecule has 6 heteroatoms. The Morgan fingerprint density at radius 2 is 2.14 bits per heavy atom. The number of rotatable bonds is 7. The van der Waals surface area contributed by atoms with Crippen LogP contribution in [-0.2, 0) is 23.1 Å². The molecule has 1 heterocycles. The van der Waals surface area contributed by atoms with Crippen molar-refractivity contribution in [2.24, 2.45) is 0 Å². The zero-order chi connectivity index (χ0) is 16.2. The van der Waals surface area contributed by atoms with E-state index in [0.717, 1.165) is 23.1 Å². The molecule has 2 rings (SSSR count). The normalized spacial score (nSPS) is 15.2. The molecule has 1 aromatic rings. The van der Waals surface area contributed by atoms with Gasteiger partial charge in [0.05, 0.1) is 11.4 Å². The Morgan fingerprint density at radius 3 is 2.82 bits per heavy atom. The van der Waals surface area contributed by atoms with Gasteiger partial charge in [-0.1, -0.05) is 44.2 Å². The van der Waals surface area contributed by atoms with Gasteiger partial charge in [0.1, 0.15) is 0 Å². The molecule has 1 aliphatic heterocycles. The number of nitrogens with one attached hydrogen (secondary N) is 1. The quantitative estimate of drug-likeness (QED) is 0.598. The summed E-state index contributed by atoms with van der Waals surface area (Å²) in [7, 11) is -3.17. The van der Waals surface area contributed by atoms with Crippen molar-refractivity contribution in [2.45, 2.75) is 32.9 Å². The van der Waals surface area contributed by atoms with Crippen molar-refractivity contribution >= 4 is 16.1 Å². The summed E-state index contributed by atoms with van der Waals surface area (Å²) in [5.74, 6) is 0.215. The van der Waals surface area contributed by atoms with Gasteiger partial charge in [-0.15, -0.1) is 0 Å². The molecular weight excluding hydrogens is 300 g/mol. The molecule has 0 amide bonds. The van der Waals surface area contributed by atoms with Crippen LogP contribution in [0.2, 0.25) is 0 Å². The lowest BCUT2D eigenvalue weighted by atomic mass is 10.1. The van der Waals surface area contributed by atoms with Crippen molar-refractivity contribution in [3.8, 4) is 0 Å². The van der Waals surface area contributed by atoms with Gasteiger partial charge in [0.25, 0.3) is 0 Å². The fraction of sp³-hybridized carbons (Fsp3) is 0.375. The maximum absolute atomic E-state index is 12.3. The van der Waals surface area contributed by atoms with Gasteiger partial charge in [0.15, 0.2) is 0 Å². The van der Waals surface area contributed by atoms with Crippen molar-refractivity contribution < 1.29 is 13.6 Å². The van der Waals surface area contributed by atoms with Crippen LogP contribution in [0.15, 0.2) is 36.6 Å². The van der Waals surface area contributed by atoms with E-state index in [9.17, 15) is 8.42 Å². The second-order valence-corrected chi connectivity index (χ2v) is 7.52. The maximum atomic E-state index is 12.3. The third-order valence-electron chi connectivity index (χ3n) is 3.69. The van der Waals surface area contributed by atoms with Crippen molar-refractivity contribution in [3.63, 3.8) is 0 Å². The summed E-state index contributed by atoms with van der Waals surface area (Å²) in [5, 5.41) is 8.69. The molecule has 0 radical (unpaired) electrons. The molecule has 0 aliphatic carbocycles. The molecule has 22 heavy (non-hydrogen) atoms. The first-order chi connectivity index (χ1) is 10.5. The molecule has 0 unspecified atom stereocenters. The predicted molar refractivity (Wildman–Crippen MR) is 87.5 cm³/mol. The van der Waals surface area contributed by atoms with E-state index in [4.69, 9.17) is 5.21 Å². The Morgan fingerprint density at radius 1 is 1.41 bits per heavy atom. The van der Waals surface area contributed by atoms with E-state index in [1.165, 1.54) is 0 Å². The largest absolute Gasteiger partial charge is 0.291 e. The van der Waals surface area contributed by atoms with Gasteiger partial charge in [-0.3, -0.25) is 10.7 Å². The fourth-order valence-corrected chi connectivity index (χ4v) is 3.96. The van der Waals surface area contributed by atoms with E-state index in [1.807, 2.05) is 36.7 Å². The zero-order valence-corrected chi connectivity index (χ0v) is 13.6. The zero-order valence-electron chi connectivity index (χ0n) is 12.7. The minimum Gasteiger partial charge on any atom is -0.291 e. The van der Waals surface area contributed by atoms with Crippen LogP contribution < -0.4 is 5.48 Å². The smallest absolute Gasteiger partial charge is 0.214 e. The van der Waals surface area contributed by atoms with Crippen LogP contribution in [-0.4, -0.2) is 23.7 Å². The van der Waals surface area contributed by atoms with E-state index in [0.29, 0.717) is 25.2 Å². The number of hydroxylamine groups is 1. The minimum atomic E-state index is -3.17. The van der Waals surface area contributed by atoms with Crippen molar-refractivity contribution in [2.75, 3.05) is 5.75 Å². The Hall–Kier alpha value is -1.63. The monoisotopic (exact) mass is 322 g/mol. The van der Waals surface area contributed by atoms with Crippen molar-refractivity contribution in [1.29, 1.82) is 0 Å². The highest BCUT2D eigenvalue weighted by atomic mass is 32.2. The van der Waals surface area contributed by atoms with Crippen LogP contribution in [0, 0.1) is 0 Å². The summed E-state index contributed by atoms with van der Waals surface area (Å²) in [6.45, 7) is 6.47. The highest BCUT2D eigenvalue weighted by Gasteiger charge is 2.28. The summed E-state index contributed by atoms with van der Waals surface area (Å²) in [5.41, 5.74) is 5.39. The fourth-order valence-electron chi connectivity index (χ4n) is 2.37. The van der Waals surface area contributed by atoms with E-state index < -0.39 is 10.0 Å². The lowest BCUT2D eigenvalue weighted by Crippen LogP contribution is -2.28. The topological polar surface area (TPSA) is 69.6 Å². The first kappa shape index (κ1) is 16.7. The van der Waals surface area contributed by atoms with E-state index in [2.05, 4.69) is 6.58 Å². The Bertz CT molecular complexity index is 681. The van der Waals surface area contributed by atoms with Crippen molar-refractivity contribution in [3.05, 3.63) is 53.2 Å². The molecule has 1 aromatic carbocycles. The molecule has 0 atom stereocenters. The maximum Gasteiger partial charge on any atom is 0.214 e. The van der Waals surface area contributed by atoms with Crippen LogP contribution in [0.1, 0.15) is 36.5 Å². The van der Waals surface area contributed by atoms with Crippen LogP contribution >= 0.6 is 0 Å². The van der Waals surface area contributed by atoms with Gasteiger partial charge in [0.2, 0.25) is 10.0 Å². The average molecular weight is 322 g/mol. The Labute approximate surface area is 132 Å². The summed E-state index contributed by atoms with van der Waals surface area (Å²) in [6, 6.07) is 5.87. The molecule has 0 saturated carbocycles. The number of sulfonamides is 1. The van der Waals surface area contributed by atoms with Crippen LogP contribution in [0.4, 0.5) is 0 Å². The molecular formula is C16H22N2O3S. The SMILES string of the molecule is C=C(/C=C/c1ccc2c(c1)CN(S(=O)(=O)CCCC)C2)NO. The first-order valence-electron chi connectivity index (χ1n) is 7.33. The van der Waals surface area contributed by atoms with Gasteiger partial charge in [-0.25, -0.2) is 8.42 Å². The van der Waals surface area contributed by atoms with Gasteiger partial charge in [-0.05, 0) is 29.2 Å². The Kier molecular flexibility index (Phi) is 5.39. The lowest BCUT2D eigenvalue weighted by Gasteiger charge is -2.14. The number of hydrogen-bond acceptors (Lipinski definition) is 4. The second-order valence-electron chi connectivity index (χ2n) is 5.44. The number of fused-ring (bicyclic) bond motifs is 1. The predicted octanol–water partition coefficient (Wildman–Crippen LogP) is 2.64. The van der Waals surface area contributed by atoms with Gasteiger partial charge in [0, 0.05) is 13.1 Å². The van der Waals surface area contributed by atoms with E-state index >= 15 is 0 Å². The van der Waals surface area contributed by atoms with Gasteiger partial charge < -0.3 is 0 Å². The summed E-state index contributed by atoms with van der Waals surface area (Å²) in [4.78, 5) is 0. The molecule has 0 bridgehead atoms. The average Bonchev–Trinajstić information content (AvgIpc) is 2.94. The highest BCUT2D eigenvalue weighted by molar-refractivity contribution is 7.89.